The van der Waals surface area contributed by atoms with Crippen LogP contribution in [0.4, 0.5) is 0 Å². The number of rotatable bonds is 3. The number of hydrogen-bond donors (Lipinski definition) is 2. The van der Waals surface area contributed by atoms with Gasteiger partial charge in [-0.1, -0.05) is 6.07 Å². The van der Waals surface area contributed by atoms with E-state index in [4.69, 9.17) is 15.6 Å². The van der Waals surface area contributed by atoms with Gasteiger partial charge in [0.05, 0.1) is 7.11 Å². The molecule has 1 aliphatic rings. The summed E-state index contributed by atoms with van der Waals surface area (Å²) in [6, 6.07) is 6.06. The molecule has 0 aromatic heterocycles. The van der Waals surface area contributed by atoms with Crippen LogP contribution in [-0.4, -0.2) is 18.8 Å². The second-order valence-corrected chi connectivity index (χ2v) is 4.51. The third kappa shape index (κ3) is 1.93. The molecule has 88 valence electrons. The van der Waals surface area contributed by atoms with Crippen molar-refractivity contribution in [1.82, 2.24) is 0 Å². The number of aliphatic hydroxyl groups excluding tert-OH is 1. The first-order valence-corrected chi connectivity index (χ1v) is 5.77. The number of aliphatic hydroxyl groups is 1. The maximum Gasteiger partial charge on any atom is 0.119 e. The highest BCUT2D eigenvalue weighted by Gasteiger charge is 2.32. The van der Waals surface area contributed by atoms with E-state index in [1.165, 1.54) is 11.1 Å². The average Bonchev–Trinajstić information content (AvgIpc) is 2.29. The van der Waals surface area contributed by atoms with E-state index in [1.807, 2.05) is 12.1 Å². The highest BCUT2D eigenvalue weighted by molar-refractivity contribution is 5.41. The van der Waals surface area contributed by atoms with Gasteiger partial charge in [-0.25, -0.2) is 0 Å². The van der Waals surface area contributed by atoms with Gasteiger partial charge in [-0.2, -0.15) is 0 Å². The van der Waals surface area contributed by atoms with E-state index in [0.717, 1.165) is 25.0 Å². The van der Waals surface area contributed by atoms with E-state index in [-0.39, 0.29) is 12.1 Å². The van der Waals surface area contributed by atoms with Crippen LogP contribution >= 0.6 is 0 Å². The van der Waals surface area contributed by atoms with Crippen molar-refractivity contribution in [2.24, 2.45) is 5.73 Å². The molecule has 2 rings (SSSR count). The van der Waals surface area contributed by atoms with E-state index in [0.29, 0.717) is 6.42 Å². The first kappa shape index (κ1) is 11.4. The van der Waals surface area contributed by atoms with Gasteiger partial charge in [0, 0.05) is 12.1 Å². The molecule has 0 amide bonds. The maximum absolute atomic E-state index is 9.11. The molecule has 3 heteroatoms. The van der Waals surface area contributed by atoms with Crippen molar-refractivity contribution >= 4 is 0 Å². The van der Waals surface area contributed by atoms with Gasteiger partial charge in [0.15, 0.2) is 0 Å². The van der Waals surface area contributed by atoms with E-state index in [2.05, 4.69) is 6.07 Å². The van der Waals surface area contributed by atoms with Crippen LogP contribution in [0.2, 0.25) is 0 Å². The predicted molar refractivity (Wildman–Crippen MR) is 63.5 cm³/mol. The summed E-state index contributed by atoms with van der Waals surface area (Å²) in [5, 5.41) is 9.11. The van der Waals surface area contributed by atoms with Gasteiger partial charge in [0.25, 0.3) is 0 Å². The summed E-state index contributed by atoms with van der Waals surface area (Å²) in [4.78, 5) is 0. The fourth-order valence-corrected chi connectivity index (χ4v) is 2.58. The van der Waals surface area contributed by atoms with E-state index in [9.17, 15) is 0 Å². The molecule has 16 heavy (non-hydrogen) atoms. The fraction of sp³-hybridized carbons (Fsp3) is 0.538. The number of nitrogens with two attached hydrogens (primary N) is 1. The maximum atomic E-state index is 9.11. The molecule has 0 saturated heterocycles. The van der Waals surface area contributed by atoms with Gasteiger partial charge in [-0.3, -0.25) is 0 Å². The number of fused-ring (bicyclic) bond motifs is 1. The predicted octanol–water partition coefficient (Wildman–Crippen LogP) is 1.57. The van der Waals surface area contributed by atoms with Crippen LogP contribution in [0, 0.1) is 0 Å². The van der Waals surface area contributed by atoms with Crippen molar-refractivity contribution in [2.45, 2.75) is 31.2 Å². The Balaban J connectivity index is 2.39. The third-order valence-corrected chi connectivity index (χ3v) is 3.48. The van der Waals surface area contributed by atoms with Crippen molar-refractivity contribution in [3.05, 3.63) is 29.3 Å². The van der Waals surface area contributed by atoms with Crippen LogP contribution in [0.3, 0.4) is 0 Å². The standard InChI is InChI=1S/C13H19NO2/c1-16-11-4-5-12-10(9-11)3-2-6-13(12,14)7-8-15/h4-5,9,15H,2-3,6-8,14H2,1H3. The Morgan fingerprint density at radius 1 is 1.50 bits per heavy atom. The van der Waals surface area contributed by atoms with Crippen LogP contribution in [0.1, 0.15) is 30.4 Å². The molecule has 1 unspecified atom stereocenters. The Bertz CT molecular complexity index is 378. The molecular formula is C13H19NO2. The second-order valence-electron chi connectivity index (χ2n) is 4.51. The smallest absolute Gasteiger partial charge is 0.119 e. The number of ether oxygens (including phenoxy) is 1. The molecule has 1 atom stereocenters. The summed E-state index contributed by atoms with van der Waals surface area (Å²) < 4.78 is 5.22. The summed E-state index contributed by atoms with van der Waals surface area (Å²) in [7, 11) is 1.67. The van der Waals surface area contributed by atoms with E-state index in [1.54, 1.807) is 7.11 Å². The first-order chi connectivity index (χ1) is 7.69. The van der Waals surface area contributed by atoms with Crippen molar-refractivity contribution < 1.29 is 9.84 Å². The molecule has 0 saturated carbocycles. The van der Waals surface area contributed by atoms with Crippen LogP contribution in [-0.2, 0) is 12.0 Å². The minimum atomic E-state index is -0.353. The highest BCUT2D eigenvalue weighted by Crippen LogP contribution is 2.37. The molecule has 0 heterocycles. The van der Waals surface area contributed by atoms with Crippen LogP contribution < -0.4 is 10.5 Å². The quantitative estimate of drug-likeness (QED) is 0.814. The van der Waals surface area contributed by atoms with E-state index < -0.39 is 0 Å². The molecule has 0 bridgehead atoms. The first-order valence-electron chi connectivity index (χ1n) is 5.77. The van der Waals surface area contributed by atoms with Gasteiger partial charge < -0.3 is 15.6 Å². The normalized spacial score (nSPS) is 23.9. The zero-order valence-electron chi connectivity index (χ0n) is 9.70. The van der Waals surface area contributed by atoms with Crippen LogP contribution in [0.15, 0.2) is 18.2 Å². The van der Waals surface area contributed by atoms with Gasteiger partial charge in [0.2, 0.25) is 0 Å². The Morgan fingerprint density at radius 3 is 3.00 bits per heavy atom. The Hall–Kier alpha value is -1.06. The van der Waals surface area contributed by atoms with Crippen molar-refractivity contribution in [1.29, 1.82) is 0 Å². The van der Waals surface area contributed by atoms with Gasteiger partial charge in [-0.05, 0) is 48.9 Å². The number of aryl methyl sites for hydroxylation is 1. The summed E-state index contributed by atoms with van der Waals surface area (Å²) in [6.45, 7) is 0.141. The topological polar surface area (TPSA) is 55.5 Å². The van der Waals surface area contributed by atoms with Crippen LogP contribution in [0.25, 0.3) is 0 Å². The zero-order chi connectivity index (χ0) is 11.6. The summed E-state index contributed by atoms with van der Waals surface area (Å²) in [5.41, 5.74) is 8.46. The Morgan fingerprint density at radius 2 is 2.31 bits per heavy atom. The fourth-order valence-electron chi connectivity index (χ4n) is 2.58. The number of methoxy groups -OCH3 is 1. The third-order valence-electron chi connectivity index (χ3n) is 3.48. The summed E-state index contributed by atoms with van der Waals surface area (Å²) in [5.74, 6) is 0.881. The van der Waals surface area contributed by atoms with Gasteiger partial charge in [0.1, 0.15) is 5.75 Å². The average molecular weight is 221 g/mol. The molecule has 1 aromatic carbocycles. The lowest BCUT2D eigenvalue weighted by molar-refractivity contribution is 0.223. The molecule has 0 radical (unpaired) electrons. The Labute approximate surface area is 96.2 Å². The molecule has 3 nitrogen and oxygen atoms in total. The van der Waals surface area contributed by atoms with Gasteiger partial charge in [-0.15, -0.1) is 0 Å². The molecule has 0 aliphatic heterocycles. The monoisotopic (exact) mass is 221 g/mol. The second kappa shape index (κ2) is 4.44. The molecule has 3 N–H and O–H groups in total. The summed E-state index contributed by atoms with van der Waals surface area (Å²) >= 11 is 0. The Kier molecular flexibility index (Phi) is 3.17. The number of benzene rings is 1. The molecular weight excluding hydrogens is 202 g/mol. The lowest BCUT2D eigenvalue weighted by Gasteiger charge is -2.35. The molecule has 0 spiro atoms. The zero-order valence-corrected chi connectivity index (χ0v) is 9.70. The lowest BCUT2D eigenvalue weighted by atomic mass is 9.75. The van der Waals surface area contributed by atoms with Gasteiger partial charge >= 0.3 is 0 Å². The summed E-state index contributed by atoms with van der Waals surface area (Å²) in [6.07, 6.45) is 3.72. The molecule has 0 fully saturated rings. The largest absolute Gasteiger partial charge is 0.497 e. The van der Waals surface area contributed by atoms with Crippen molar-refractivity contribution in [2.75, 3.05) is 13.7 Å². The van der Waals surface area contributed by atoms with Crippen molar-refractivity contribution in [3.8, 4) is 5.75 Å². The minimum Gasteiger partial charge on any atom is -0.497 e. The highest BCUT2D eigenvalue weighted by atomic mass is 16.5. The SMILES string of the molecule is COc1ccc2c(c1)CCCC2(N)CCO. The minimum absolute atomic E-state index is 0.141. The molecule has 1 aliphatic carbocycles. The van der Waals surface area contributed by atoms with Crippen molar-refractivity contribution in [3.63, 3.8) is 0 Å². The molecule has 1 aromatic rings. The van der Waals surface area contributed by atoms with E-state index >= 15 is 0 Å². The lowest BCUT2D eigenvalue weighted by Crippen LogP contribution is -2.40. The number of hydrogen-bond acceptors (Lipinski definition) is 3. The van der Waals surface area contributed by atoms with Crippen LogP contribution in [0.5, 0.6) is 5.75 Å².